The van der Waals surface area contributed by atoms with Crippen LogP contribution in [0.25, 0.3) is 0 Å². The van der Waals surface area contributed by atoms with Crippen LogP contribution in [0.1, 0.15) is 0 Å². The molecule has 2 amide bonds. The number of aliphatic carboxylic acids is 1. The number of carboxylic acids is 1. The van der Waals surface area contributed by atoms with Gasteiger partial charge in [0.05, 0.1) is 5.69 Å². The molecule has 0 aromatic heterocycles. The van der Waals surface area contributed by atoms with Crippen LogP contribution in [0.15, 0.2) is 30.3 Å². The molecule has 0 aliphatic carbocycles. The van der Waals surface area contributed by atoms with E-state index in [4.69, 9.17) is 10.2 Å². The zero-order valence-electron chi connectivity index (χ0n) is 7.45. The minimum atomic E-state index is -1.82. The highest BCUT2D eigenvalue weighted by atomic mass is 16.4. The first-order valence-corrected chi connectivity index (χ1v) is 3.89. The highest BCUT2D eigenvalue weighted by Crippen LogP contribution is 2.13. The van der Waals surface area contributed by atoms with Gasteiger partial charge in [-0.05, 0) is 12.1 Å². The number of para-hydroxylation sites is 1. The Balaban J connectivity index is 3.10. The van der Waals surface area contributed by atoms with E-state index in [1.54, 1.807) is 6.07 Å². The number of carbonyl (C=O) groups excluding carboxylic acids is 1. The molecular weight excluding hydrogens is 202 g/mol. The first-order valence-electron chi connectivity index (χ1n) is 3.89. The zero-order valence-corrected chi connectivity index (χ0v) is 7.45. The summed E-state index contributed by atoms with van der Waals surface area (Å²) < 4.78 is 0. The largest absolute Gasteiger partial charge is 0.474 e. The van der Waals surface area contributed by atoms with Gasteiger partial charge >= 0.3 is 18.0 Å². The molecule has 0 radical (unpaired) electrons. The van der Waals surface area contributed by atoms with Crippen LogP contribution in [0.4, 0.5) is 10.5 Å². The highest BCUT2D eigenvalue weighted by Gasteiger charge is 2.28. The fourth-order valence-corrected chi connectivity index (χ4v) is 0.987. The molecule has 0 saturated carbocycles. The predicted octanol–water partition coefficient (Wildman–Crippen LogP) is 0.782. The van der Waals surface area contributed by atoms with Crippen LogP contribution in [0.5, 0.6) is 0 Å². The summed E-state index contributed by atoms with van der Waals surface area (Å²) in [6.07, 6.45) is -1.63. The van der Waals surface area contributed by atoms with Crippen LogP contribution in [0, 0.1) is 0 Å². The molecule has 1 aromatic rings. The number of amides is 2. The molecule has 0 aliphatic heterocycles. The summed E-state index contributed by atoms with van der Waals surface area (Å²) >= 11 is 0. The lowest BCUT2D eigenvalue weighted by molar-refractivity contribution is -0.148. The van der Waals surface area contributed by atoms with Crippen molar-refractivity contribution in [2.45, 2.75) is 0 Å². The van der Waals surface area contributed by atoms with Crippen molar-refractivity contribution >= 4 is 23.7 Å². The maximum absolute atomic E-state index is 11.0. The summed E-state index contributed by atoms with van der Waals surface area (Å²) in [5, 5.41) is 17.1. The topological polar surface area (TPSA) is 94.9 Å². The molecule has 78 valence electrons. The Labute approximate surface area is 84.4 Å². The first-order chi connectivity index (χ1) is 7.04. The number of nitrogens with zero attached hydrogens (tertiary/aromatic N) is 1. The standard InChI is InChI=1S/C9H7NO5/c11-7(8(12)13)10(9(14)15)6-4-2-1-3-5-6/h1-5H,(H,12,13)(H,14,15). The van der Waals surface area contributed by atoms with Crippen molar-refractivity contribution < 1.29 is 24.6 Å². The van der Waals surface area contributed by atoms with E-state index in [0.29, 0.717) is 0 Å². The summed E-state index contributed by atoms with van der Waals surface area (Å²) in [7, 11) is 0. The second-order valence-electron chi connectivity index (χ2n) is 2.56. The maximum atomic E-state index is 11.0. The van der Waals surface area contributed by atoms with Gasteiger partial charge in [-0.3, -0.25) is 4.79 Å². The van der Waals surface area contributed by atoms with Crippen molar-refractivity contribution in [3.05, 3.63) is 30.3 Å². The second-order valence-corrected chi connectivity index (χ2v) is 2.56. The normalized spacial score (nSPS) is 9.33. The summed E-state index contributed by atoms with van der Waals surface area (Å²) in [5.41, 5.74) is -0.00241. The van der Waals surface area contributed by atoms with Crippen molar-refractivity contribution in [2.75, 3.05) is 4.90 Å². The minimum Gasteiger partial charge on any atom is -0.474 e. The smallest absolute Gasteiger partial charge is 0.419 e. The quantitative estimate of drug-likeness (QED) is 0.666. The Bertz CT molecular complexity index is 400. The van der Waals surface area contributed by atoms with E-state index in [1.165, 1.54) is 24.3 Å². The molecule has 6 heteroatoms. The van der Waals surface area contributed by atoms with Gasteiger partial charge in [-0.1, -0.05) is 18.2 Å². The first kappa shape index (κ1) is 10.7. The van der Waals surface area contributed by atoms with Gasteiger partial charge in [0.25, 0.3) is 0 Å². The summed E-state index contributed by atoms with van der Waals surface area (Å²) in [6.45, 7) is 0. The molecule has 1 rings (SSSR count). The molecule has 2 N–H and O–H groups in total. The monoisotopic (exact) mass is 209 g/mol. The van der Waals surface area contributed by atoms with E-state index in [1.807, 2.05) is 0 Å². The van der Waals surface area contributed by atoms with Crippen LogP contribution in [-0.2, 0) is 9.59 Å². The molecule has 0 spiro atoms. The third-order valence-electron chi connectivity index (χ3n) is 1.59. The lowest BCUT2D eigenvalue weighted by Crippen LogP contribution is -2.40. The van der Waals surface area contributed by atoms with Crippen LogP contribution in [-0.4, -0.2) is 28.2 Å². The number of imide groups is 1. The van der Waals surface area contributed by atoms with Gasteiger partial charge in [0.15, 0.2) is 0 Å². The summed E-state index contributed by atoms with van der Waals surface area (Å²) in [4.78, 5) is 32.3. The number of benzene rings is 1. The lowest BCUT2D eigenvalue weighted by Gasteiger charge is -2.14. The van der Waals surface area contributed by atoms with Crippen molar-refractivity contribution in [1.82, 2.24) is 0 Å². The molecule has 0 aliphatic rings. The number of anilines is 1. The van der Waals surface area contributed by atoms with E-state index < -0.39 is 18.0 Å². The fraction of sp³-hybridized carbons (Fsp3) is 0. The van der Waals surface area contributed by atoms with Gasteiger partial charge < -0.3 is 10.2 Å². The Morgan fingerprint density at radius 1 is 1.00 bits per heavy atom. The average molecular weight is 209 g/mol. The molecule has 0 atom stereocenters. The van der Waals surface area contributed by atoms with E-state index in [9.17, 15) is 14.4 Å². The Hall–Kier alpha value is -2.37. The second kappa shape index (κ2) is 4.23. The molecule has 0 unspecified atom stereocenters. The van der Waals surface area contributed by atoms with Gasteiger partial charge in [-0.15, -0.1) is 0 Å². The fourth-order valence-electron chi connectivity index (χ4n) is 0.987. The SMILES string of the molecule is O=C(O)C(=O)N(C(=O)O)c1ccccc1. The van der Waals surface area contributed by atoms with Gasteiger partial charge in [-0.25, -0.2) is 14.5 Å². The Morgan fingerprint density at radius 3 is 1.93 bits per heavy atom. The van der Waals surface area contributed by atoms with Crippen LogP contribution in [0.3, 0.4) is 0 Å². The van der Waals surface area contributed by atoms with Gasteiger partial charge in [0.2, 0.25) is 0 Å². The van der Waals surface area contributed by atoms with Crippen molar-refractivity contribution in [3.8, 4) is 0 Å². The number of carboxylic acid groups (broad SMARTS) is 2. The number of hydrogen-bond acceptors (Lipinski definition) is 3. The van der Waals surface area contributed by atoms with E-state index in [-0.39, 0.29) is 10.6 Å². The zero-order chi connectivity index (χ0) is 11.4. The third-order valence-corrected chi connectivity index (χ3v) is 1.59. The molecule has 0 heterocycles. The number of rotatable bonds is 1. The van der Waals surface area contributed by atoms with Crippen molar-refractivity contribution in [1.29, 1.82) is 0 Å². The maximum Gasteiger partial charge on any atom is 0.419 e. The van der Waals surface area contributed by atoms with E-state index in [0.717, 1.165) is 0 Å². The van der Waals surface area contributed by atoms with Crippen LogP contribution < -0.4 is 4.90 Å². The Kier molecular flexibility index (Phi) is 3.02. The van der Waals surface area contributed by atoms with Gasteiger partial charge in [-0.2, -0.15) is 0 Å². The average Bonchev–Trinajstić information content (AvgIpc) is 2.18. The Morgan fingerprint density at radius 2 is 1.53 bits per heavy atom. The van der Waals surface area contributed by atoms with Crippen molar-refractivity contribution in [2.24, 2.45) is 0 Å². The summed E-state index contributed by atoms with van der Waals surface area (Å²) in [6, 6.07) is 7.28. The minimum absolute atomic E-state index is 0.00241. The molecule has 0 fully saturated rings. The third kappa shape index (κ3) is 2.31. The number of carbonyl (C=O) groups is 3. The van der Waals surface area contributed by atoms with Gasteiger partial charge in [0.1, 0.15) is 0 Å². The number of hydrogen-bond donors (Lipinski definition) is 2. The van der Waals surface area contributed by atoms with E-state index in [2.05, 4.69) is 0 Å². The molecular formula is C9H7NO5. The molecule has 0 bridgehead atoms. The highest BCUT2D eigenvalue weighted by molar-refractivity contribution is 6.42. The predicted molar refractivity (Wildman–Crippen MR) is 49.6 cm³/mol. The molecule has 15 heavy (non-hydrogen) atoms. The molecule has 1 aromatic carbocycles. The van der Waals surface area contributed by atoms with Gasteiger partial charge in [0, 0.05) is 0 Å². The van der Waals surface area contributed by atoms with E-state index >= 15 is 0 Å². The molecule has 6 nitrogen and oxygen atoms in total. The van der Waals surface area contributed by atoms with Crippen LogP contribution >= 0.6 is 0 Å². The molecule has 0 saturated heterocycles. The lowest BCUT2D eigenvalue weighted by atomic mass is 10.3. The van der Waals surface area contributed by atoms with Crippen molar-refractivity contribution in [3.63, 3.8) is 0 Å². The summed E-state index contributed by atoms with van der Waals surface area (Å²) in [5.74, 6) is -3.32. The van der Waals surface area contributed by atoms with Crippen LogP contribution in [0.2, 0.25) is 0 Å².